The number of likely N-dealkylation sites (tertiary alicyclic amines) is 1. The van der Waals surface area contributed by atoms with Crippen LogP contribution in [0.2, 0.25) is 0 Å². The van der Waals surface area contributed by atoms with E-state index in [-0.39, 0.29) is 0 Å². The summed E-state index contributed by atoms with van der Waals surface area (Å²) in [6, 6.07) is 0. The third kappa shape index (κ3) is 1.49. The van der Waals surface area contributed by atoms with E-state index in [0.717, 1.165) is 24.3 Å². The van der Waals surface area contributed by atoms with Crippen molar-refractivity contribution in [3.8, 4) is 0 Å². The van der Waals surface area contributed by atoms with E-state index in [2.05, 4.69) is 17.3 Å². The first-order valence-electron chi connectivity index (χ1n) is 4.71. The van der Waals surface area contributed by atoms with Crippen LogP contribution in [0.4, 0.5) is 0 Å². The van der Waals surface area contributed by atoms with E-state index >= 15 is 0 Å². The Bertz CT molecular complexity index is 151. The van der Waals surface area contributed by atoms with Gasteiger partial charge in [-0.1, -0.05) is 0 Å². The van der Waals surface area contributed by atoms with E-state index in [1.165, 1.54) is 13.1 Å². The number of hydrogen-bond donors (Lipinski definition) is 1. The Balaban J connectivity index is 1.62. The summed E-state index contributed by atoms with van der Waals surface area (Å²) in [5.74, 6) is 2.91. The second kappa shape index (κ2) is 3.32. The molecule has 0 spiro atoms. The monoisotopic (exact) mass is 170 g/mol. The molecule has 3 nitrogen and oxygen atoms in total. The summed E-state index contributed by atoms with van der Waals surface area (Å²) in [4.78, 5) is 2.43. The number of rotatable bonds is 4. The van der Waals surface area contributed by atoms with Gasteiger partial charge in [-0.05, 0) is 24.8 Å². The van der Waals surface area contributed by atoms with Gasteiger partial charge in [-0.3, -0.25) is 5.32 Å². The molecule has 1 aliphatic carbocycles. The van der Waals surface area contributed by atoms with Gasteiger partial charge < -0.3 is 9.64 Å². The lowest BCUT2D eigenvalue weighted by Crippen LogP contribution is -2.25. The molecule has 0 aromatic carbocycles. The Morgan fingerprint density at radius 3 is 2.67 bits per heavy atom. The maximum atomic E-state index is 4.94. The molecule has 2 unspecified atom stereocenters. The fourth-order valence-corrected chi connectivity index (χ4v) is 2.49. The van der Waals surface area contributed by atoms with Crippen LogP contribution in [-0.2, 0) is 4.74 Å². The van der Waals surface area contributed by atoms with E-state index in [1.54, 1.807) is 7.11 Å². The second-order valence-corrected chi connectivity index (χ2v) is 4.10. The summed E-state index contributed by atoms with van der Waals surface area (Å²) in [5.41, 5.74) is 0. The zero-order chi connectivity index (χ0) is 8.55. The highest BCUT2D eigenvalue weighted by atomic mass is 16.5. The molecule has 1 saturated carbocycles. The molecule has 1 saturated heterocycles. The molecule has 1 N–H and O–H groups in total. The predicted octanol–water partition coefficient (Wildman–Crippen LogP) is -0.0125. The van der Waals surface area contributed by atoms with Crippen molar-refractivity contribution >= 4 is 0 Å². The van der Waals surface area contributed by atoms with Crippen LogP contribution in [0.5, 0.6) is 0 Å². The van der Waals surface area contributed by atoms with Crippen molar-refractivity contribution in [1.29, 1.82) is 0 Å². The summed E-state index contributed by atoms with van der Waals surface area (Å²) in [6.07, 6.45) is 0. The van der Waals surface area contributed by atoms with Gasteiger partial charge in [0.25, 0.3) is 0 Å². The summed E-state index contributed by atoms with van der Waals surface area (Å²) < 4.78 is 4.94. The van der Waals surface area contributed by atoms with Crippen LogP contribution in [0, 0.1) is 17.8 Å². The average Bonchev–Trinajstić information content (AvgIpc) is 2.53. The van der Waals surface area contributed by atoms with Crippen LogP contribution in [0.3, 0.4) is 0 Å². The molecular weight excluding hydrogens is 152 g/mol. The Hall–Kier alpha value is -0.120. The molecular formula is C9H18N2O. The van der Waals surface area contributed by atoms with Gasteiger partial charge in [-0.2, -0.15) is 0 Å². The normalized spacial score (nSPS) is 40.0. The second-order valence-electron chi connectivity index (χ2n) is 4.10. The zero-order valence-electron chi connectivity index (χ0n) is 7.92. The first-order chi connectivity index (χ1) is 5.83. The first kappa shape index (κ1) is 8.48. The Kier molecular flexibility index (Phi) is 2.35. The van der Waals surface area contributed by atoms with Gasteiger partial charge in [0.15, 0.2) is 0 Å². The van der Waals surface area contributed by atoms with Crippen molar-refractivity contribution in [1.82, 2.24) is 10.2 Å². The van der Waals surface area contributed by atoms with E-state index in [9.17, 15) is 0 Å². The molecule has 2 rings (SSSR count). The molecule has 12 heavy (non-hydrogen) atoms. The smallest absolute Gasteiger partial charge is 0.0961 e. The standard InChI is InChI=1S/C9H18N2O/c1-11-4-8-7(9(8)5-11)3-10-6-12-2/h7-10H,3-6H2,1-2H3. The number of piperidine rings is 1. The van der Waals surface area contributed by atoms with Crippen LogP contribution in [0.1, 0.15) is 0 Å². The highest BCUT2D eigenvalue weighted by molar-refractivity contribution is 5.04. The maximum absolute atomic E-state index is 4.94. The number of nitrogens with one attached hydrogen (secondary N) is 1. The number of nitrogens with zero attached hydrogens (tertiary/aromatic N) is 1. The van der Waals surface area contributed by atoms with Crippen LogP contribution in [0.25, 0.3) is 0 Å². The van der Waals surface area contributed by atoms with E-state index in [4.69, 9.17) is 4.74 Å². The fraction of sp³-hybridized carbons (Fsp3) is 1.00. The largest absolute Gasteiger partial charge is 0.370 e. The SMILES string of the molecule is COCNCC1C2CN(C)CC12. The molecule has 1 aliphatic heterocycles. The van der Waals surface area contributed by atoms with Crippen LogP contribution in [-0.4, -0.2) is 45.4 Å². The van der Waals surface area contributed by atoms with Crippen LogP contribution >= 0.6 is 0 Å². The van der Waals surface area contributed by atoms with Gasteiger partial charge in [0, 0.05) is 26.7 Å². The molecule has 0 aromatic rings. The number of methoxy groups -OCH3 is 1. The van der Waals surface area contributed by atoms with Gasteiger partial charge >= 0.3 is 0 Å². The van der Waals surface area contributed by atoms with Gasteiger partial charge in [-0.25, -0.2) is 0 Å². The molecule has 0 aromatic heterocycles. The highest BCUT2D eigenvalue weighted by Gasteiger charge is 2.53. The minimum absolute atomic E-state index is 0.700. The van der Waals surface area contributed by atoms with Crippen LogP contribution in [0.15, 0.2) is 0 Å². The topological polar surface area (TPSA) is 24.5 Å². The Labute approximate surface area is 74.1 Å². The fourth-order valence-electron chi connectivity index (χ4n) is 2.49. The average molecular weight is 170 g/mol. The van der Waals surface area contributed by atoms with Crippen molar-refractivity contribution in [2.24, 2.45) is 17.8 Å². The molecule has 0 bridgehead atoms. The molecule has 0 amide bonds. The summed E-state index contributed by atoms with van der Waals surface area (Å²) in [5, 5.41) is 3.30. The molecule has 3 heteroatoms. The Morgan fingerprint density at radius 1 is 1.42 bits per heavy atom. The minimum atomic E-state index is 0.700. The van der Waals surface area contributed by atoms with Crippen molar-refractivity contribution in [3.05, 3.63) is 0 Å². The van der Waals surface area contributed by atoms with E-state index in [0.29, 0.717) is 6.73 Å². The van der Waals surface area contributed by atoms with Gasteiger partial charge in [0.05, 0.1) is 6.73 Å². The van der Waals surface area contributed by atoms with Gasteiger partial charge in [-0.15, -0.1) is 0 Å². The van der Waals surface area contributed by atoms with E-state index < -0.39 is 0 Å². The zero-order valence-corrected chi connectivity index (χ0v) is 7.92. The lowest BCUT2D eigenvalue weighted by molar-refractivity contribution is 0.172. The third-order valence-corrected chi connectivity index (χ3v) is 3.18. The molecule has 1 heterocycles. The van der Waals surface area contributed by atoms with Crippen molar-refractivity contribution in [3.63, 3.8) is 0 Å². The molecule has 2 aliphatic rings. The quantitative estimate of drug-likeness (QED) is 0.474. The third-order valence-electron chi connectivity index (χ3n) is 3.18. The van der Waals surface area contributed by atoms with Gasteiger partial charge in [0.2, 0.25) is 0 Å². The molecule has 0 radical (unpaired) electrons. The predicted molar refractivity (Wildman–Crippen MR) is 47.8 cm³/mol. The first-order valence-corrected chi connectivity index (χ1v) is 4.71. The molecule has 70 valence electrons. The highest BCUT2D eigenvalue weighted by Crippen LogP contribution is 2.50. The van der Waals surface area contributed by atoms with Crippen LogP contribution < -0.4 is 5.32 Å². The summed E-state index contributed by atoms with van der Waals surface area (Å²) in [7, 11) is 3.94. The maximum Gasteiger partial charge on any atom is 0.0961 e. The van der Waals surface area contributed by atoms with Crippen molar-refractivity contribution < 1.29 is 4.74 Å². The lowest BCUT2D eigenvalue weighted by Gasteiger charge is -2.12. The lowest BCUT2D eigenvalue weighted by atomic mass is 10.3. The Morgan fingerprint density at radius 2 is 2.08 bits per heavy atom. The summed E-state index contributed by atoms with van der Waals surface area (Å²) in [6.45, 7) is 4.47. The number of hydrogen-bond acceptors (Lipinski definition) is 3. The number of fused-ring (bicyclic) bond motifs is 1. The van der Waals surface area contributed by atoms with E-state index in [1.807, 2.05) is 0 Å². The number of ether oxygens (including phenoxy) is 1. The van der Waals surface area contributed by atoms with Crippen molar-refractivity contribution in [2.45, 2.75) is 0 Å². The molecule has 2 atom stereocenters. The summed E-state index contributed by atoms with van der Waals surface area (Å²) >= 11 is 0. The van der Waals surface area contributed by atoms with Gasteiger partial charge in [0.1, 0.15) is 0 Å². The molecule has 2 fully saturated rings. The van der Waals surface area contributed by atoms with Crippen molar-refractivity contribution in [2.75, 3.05) is 40.5 Å². The minimum Gasteiger partial charge on any atom is -0.370 e.